The number of likely N-dealkylation sites (tertiary alicyclic amines) is 1. The van der Waals surface area contributed by atoms with E-state index in [4.69, 9.17) is 5.73 Å². The summed E-state index contributed by atoms with van der Waals surface area (Å²) in [6.07, 6.45) is 9.96. The predicted molar refractivity (Wildman–Crippen MR) is 74.0 cm³/mol. The van der Waals surface area contributed by atoms with Gasteiger partial charge in [-0.1, -0.05) is 33.1 Å². The number of hydrogen-bond acceptors (Lipinski definition) is 2. The SMILES string of the molecule is CCC(C)C(CN)N1CCCC1C1CCCC1. The van der Waals surface area contributed by atoms with Crippen molar-refractivity contribution in [3.05, 3.63) is 0 Å². The van der Waals surface area contributed by atoms with Crippen molar-refractivity contribution in [3.8, 4) is 0 Å². The van der Waals surface area contributed by atoms with Crippen LogP contribution in [0.3, 0.4) is 0 Å². The highest BCUT2D eigenvalue weighted by molar-refractivity contribution is 4.92. The normalized spacial score (nSPS) is 30.9. The second kappa shape index (κ2) is 6.19. The number of hydrogen-bond donors (Lipinski definition) is 1. The topological polar surface area (TPSA) is 29.3 Å². The van der Waals surface area contributed by atoms with Gasteiger partial charge >= 0.3 is 0 Å². The molecule has 0 amide bonds. The minimum absolute atomic E-state index is 0.632. The Balaban J connectivity index is 2.01. The molecule has 3 unspecified atom stereocenters. The monoisotopic (exact) mass is 238 g/mol. The Morgan fingerprint density at radius 1 is 1.18 bits per heavy atom. The van der Waals surface area contributed by atoms with Crippen LogP contribution < -0.4 is 5.73 Å². The molecule has 2 N–H and O–H groups in total. The lowest BCUT2D eigenvalue weighted by Gasteiger charge is -2.38. The Hall–Kier alpha value is -0.0800. The minimum Gasteiger partial charge on any atom is -0.329 e. The zero-order valence-electron chi connectivity index (χ0n) is 11.7. The Morgan fingerprint density at radius 2 is 1.88 bits per heavy atom. The van der Waals surface area contributed by atoms with E-state index in [0.29, 0.717) is 6.04 Å². The van der Waals surface area contributed by atoms with Crippen molar-refractivity contribution in [2.45, 2.75) is 70.9 Å². The summed E-state index contributed by atoms with van der Waals surface area (Å²) in [6, 6.07) is 1.49. The summed E-state index contributed by atoms with van der Waals surface area (Å²) in [7, 11) is 0. The predicted octanol–water partition coefficient (Wildman–Crippen LogP) is 3.01. The van der Waals surface area contributed by atoms with Crippen LogP contribution >= 0.6 is 0 Å². The lowest BCUT2D eigenvalue weighted by Crippen LogP contribution is -2.49. The van der Waals surface area contributed by atoms with Gasteiger partial charge in [0.25, 0.3) is 0 Å². The number of nitrogens with two attached hydrogens (primary N) is 1. The van der Waals surface area contributed by atoms with Gasteiger partial charge in [-0.3, -0.25) is 4.90 Å². The van der Waals surface area contributed by atoms with E-state index >= 15 is 0 Å². The maximum absolute atomic E-state index is 6.05. The first-order valence-corrected chi connectivity index (χ1v) is 7.73. The highest BCUT2D eigenvalue weighted by Crippen LogP contribution is 2.37. The third-order valence-corrected chi connectivity index (χ3v) is 5.25. The molecule has 2 rings (SSSR count). The summed E-state index contributed by atoms with van der Waals surface area (Å²) in [5.41, 5.74) is 6.05. The summed E-state index contributed by atoms with van der Waals surface area (Å²) in [5.74, 6) is 1.73. The molecule has 0 spiro atoms. The molecule has 0 radical (unpaired) electrons. The van der Waals surface area contributed by atoms with E-state index in [1.165, 1.54) is 51.5 Å². The molecule has 1 aliphatic carbocycles. The van der Waals surface area contributed by atoms with E-state index in [0.717, 1.165) is 24.4 Å². The number of nitrogens with zero attached hydrogens (tertiary/aromatic N) is 1. The average molecular weight is 238 g/mol. The minimum atomic E-state index is 0.632. The fraction of sp³-hybridized carbons (Fsp3) is 1.00. The zero-order valence-corrected chi connectivity index (χ0v) is 11.7. The van der Waals surface area contributed by atoms with E-state index in [2.05, 4.69) is 18.7 Å². The number of rotatable bonds is 5. The molecule has 3 atom stereocenters. The molecule has 1 saturated carbocycles. The van der Waals surface area contributed by atoms with Crippen molar-refractivity contribution in [1.29, 1.82) is 0 Å². The Morgan fingerprint density at radius 3 is 2.47 bits per heavy atom. The lowest BCUT2D eigenvalue weighted by atomic mass is 9.91. The van der Waals surface area contributed by atoms with Gasteiger partial charge in [0.1, 0.15) is 0 Å². The summed E-state index contributed by atoms with van der Waals surface area (Å²) in [4.78, 5) is 2.78. The maximum atomic E-state index is 6.05. The average Bonchev–Trinajstić information content (AvgIpc) is 2.99. The molecule has 1 aliphatic heterocycles. The fourth-order valence-electron chi connectivity index (χ4n) is 4.04. The van der Waals surface area contributed by atoms with Crippen LogP contribution in [0.2, 0.25) is 0 Å². The van der Waals surface area contributed by atoms with E-state index in [1.807, 2.05) is 0 Å². The standard InChI is InChI=1S/C15H30N2/c1-3-12(2)15(11-16)17-10-6-9-14(17)13-7-4-5-8-13/h12-15H,3-11,16H2,1-2H3. The van der Waals surface area contributed by atoms with Crippen LogP contribution in [-0.2, 0) is 0 Å². The summed E-state index contributed by atoms with van der Waals surface area (Å²) in [6.45, 7) is 6.82. The first-order valence-electron chi connectivity index (χ1n) is 7.73. The largest absolute Gasteiger partial charge is 0.329 e. The molecule has 2 fully saturated rings. The van der Waals surface area contributed by atoms with Gasteiger partial charge < -0.3 is 5.73 Å². The quantitative estimate of drug-likeness (QED) is 0.798. The first-order chi connectivity index (χ1) is 8.27. The molecule has 0 aromatic rings. The second-order valence-electron chi connectivity index (χ2n) is 6.18. The zero-order chi connectivity index (χ0) is 12.3. The van der Waals surface area contributed by atoms with Gasteiger partial charge in [-0.2, -0.15) is 0 Å². The van der Waals surface area contributed by atoms with Crippen molar-refractivity contribution in [2.24, 2.45) is 17.6 Å². The summed E-state index contributed by atoms with van der Waals surface area (Å²) >= 11 is 0. The molecule has 100 valence electrons. The van der Waals surface area contributed by atoms with E-state index < -0.39 is 0 Å². The van der Waals surface area contributed by atoms with Gasteiger partial charge in [0, 0.05) is 18.6 Å². The molecule has 2 heteroatoms. The molecule has 2 nitrogen and oxygen atoms in total. The Labute approximate surface area is 107 Å². The van der Waals surface area contributed by atoms with Crippen molar-refractivity contribution < 1.29 is 0 Å². The van der Waals surface area contributed by atoms with E-state index in [1.54, 1.807) is 0 Å². The van der Waals surface area contributed by atoms with Gasteiger partial charge in [0.05, 0.1) is 0 Å². The van der Waals surface area contributed by atoms with Crippen LogP contribution in [0, 0.1) is 11.8 Å². The Kier molecular flexibility index (Phi) is 4.87. The van der Waals surface area contributed by atoms with E-state index in [-0.39, 0.29) is 0 Å². The fourth-order valence-corrected chi connectivity index (χ4v) is 4.04. The van der Waals surface area contributed by atoms with Crippen LogP contribution in [0.15, 0.2) is 0 Å². The summed E-state index contributed by atoms with van der Waals surface area (Å²) < 4.78 is 0. The van der Waals surface area contributed by atoms with Gasteiger partial charge in [0.2, 0.25) is 0 Å². The molecular formula is C15H30N2. The Bertz CT molecular complexity index is 223. The lowest BCUT2D eigenvalue weighted by molar-refractivity contribution is 0.103. The maximum Gasteiger partial charge on any atom is 0.0246 e. The van der Waals surface area contributed by atoms with Crippen LogP contribution in [0.5, 0.6) is 0 Å². The highest BCUT2D eigenvalue weighted by atomic mass is 15.2. The second-order valence-corrected chi connectivity index (χ2v) is 6.18. The van der Waals surface area contributed by atoms with Crippen LogP contribution in [0.1, 0.15) is 58.8 Å². The smallest absolute Gasteiger partial charge is 0.0246 e. The molecular weight excluding hydrogens is 208 g/mol. The third kappa shape index (κ3) is 2.85. The van der Waals surface area contributed by atoms with E-state index in [9.17, 15) is 0 Å². The molecule has 0 aromatic carbocycles. The van der Waals surface area contributed by atoms with Crippen molar-refractivity contribution >= 4 is 0 Å². The van der Waals surface area contributed by atoms with Crippen LogP contribution in [-0.4, -0.2) is 30.1 Å². The van der Waals surface area contributed by atoms with Gasteiger partial charge in [-0.15, -0.1) is 0 Å². The van der Waals surface area contributed by atoms with Gasteiger partial charge in [0.15, 0.2) is 0 Å². The van der Waals surface area contributed by atoms with Crippen LogP contribution in [0.4, 0.5) is 0 Å². The van der Waals surface area contributed by atoms with Gasteiger partial charge in [-0.05, 0) is 44.1 Å². The van der Waals surface area contributed by atoms with Crippen molar-refractivity contribution in [1.82, 2.24) is 4.90 Å². The molecule has 1 heterocycles. The van der Waals surface area contributed by atoms with Crippen molar-refractivity contribution in [3.63, 3.8) is 0 Å². The van der Waals surface area contributed by atoms with Gasteiger partial charge in [-0.25, -0.2) is 0 Å². The third-order valence-electron chi connectivity index (χ3n) is 5.25. The molecule has 0 bridgehead atoms. The van der Waals surface area contributed by atoms with Crippen molar-refractivity contribution in [2.75, 3.05) is 13.1 Å². The molecule has 1 saturated heterocycles. The summed E-state index contributed by atoms with van der Waals surface area (Å²) in [5, 5.41) is 0. The molecule has 17 heavy (non-hydrogen) atoms. The molecule has 2 aliphatic rings. The van der Waals surface area contributed by atoms with Crippen LogP contribution in [0.25, 0.3) is 0 Å². The first kappa shape index (κ1) is 13.4. The highest BCUT2D eigenvalue weighted by Gasteiger charge is 2.37. The molecule has 0 aromatic heterocycles.